The Labute approximate surface area is 237 Å². The quantitative estimate of drug-likeness (QED) is 0.509. The maximum Gasteiger partial charge on any atom is 0.410 e. The molecule has 0 spiro atoms. The van der Waals surface area contributed by atoms with Gasteiger partial charge in [-0.25, -0.2) is 9.59 Å². The zero-order valence-corrected chi connectivity index (χ0v) is 24.6. The molecule has 4 rings (SSSR count). The van der Waals surface area contributed by atoms with Crippen molar-refractivity contribution in [1.29, 1.82) is 0 Å². The summed E-state index contributed by atoms with van der Waals surface area (Å²) in [6, 6.07) is 9.95. The molecule has 218 valence electrons. The van der Waals surface area contributed by atoms with E-state index in [-0.39, 0.29) is 24.9 Å². The topological polar surface area (TPSA) is 101 Å². The van der Waals surface area contributed by atoms with Crippen molar-refractivity contribution in [2.75, 3.05) is 58.3 Å². The van der Waals surface area contributed by atoms with Gasteiger partial charge in [0.05, 0.1) is 12.2 Å². The number of benzene rings is 1. The predicted molar refractivity (Wildman–Crippen MR) is 151 cm³/mol. The van der Waals surface area contributed by atoms with E-state index in [0.29, 0.717) is 58.2 Å². The fourth-order valence-corrected chi connectivity index (χ4v) is 4.83. The molecule has 0 saturated carbocycles. The number of amides is 2. The van der Waals surface area contributed by atoms with Crippen molar-refractivity contribution in [1.82, 2.24) is 24.7 Å². The Morgan fingerprint density at radius 2 is 1.68 bits per heavy atom. The minimum Gasteiger partial charge on any atom is -0.459 e. The highest BCUT2D eigenvalue weighted by molar-refractivity contribution is 5.69. The number of hydrogen-bond acceptors (Lipinski definition) is 9. The molecule has 2 aromatic rings. The van der Waals surface area contributed by atoms with E-state index in [1.165, 1.54) is 0 Å². The molecule has 1 aromatic carbocycles. The lowest BCUT2D eigenvalue weighted by Gasteiger charge is -2.37. The van der Waals surface area contributed by atoms with Crippen molar-refractivity contribution in [2.45, 2.75) is 59.0 Å². The third kappa shape index (κ3) is 7.97. The molecule has 2 amide bonds. The molecule has 3 heterocycles. The lowest BCUT2D eigenvalue weighted by atomic mass is 10.0. The van der Waals surface area contributed by atoms with Crippen LogP contribution in [0.5, 0.6) is 6.01 Å². The molecule has 2 aliphatic heterocycles. The number of anilines is 1. The lowest BCUT2D eigenvalue weighted by Crippen LogP contribution is -2.50. The van der Waals surface area contributed by atoms with Gasteiger partial charge in [0, 0.05) is 44.8 Å². The van der Waals surface area contributed by atoms with Crippen LogP contribution in [0.4, 0.5) is 15.4 Å². The van der Waals surface area contributed by atoms with E-state index in [0.717, 1.165) is 22.6 Å². The summed E-state index contributed by atoms with van der Waals surface area (Å²) >= 11 is 0. The third-order valence-electron chi connectivity index (χ3n) is 6.65. The van der Waals surface area contributed by atoms with Crippen LogP contribution in [-0.2, 0) is 29.0 Å². The van der Waals surface area contributed by atoms with Gasteiger partial charge in [-0.3, -0.25) is 0 Å². The van der Waals surface area contributed by atoms with Crippen LogP contribution in [0.25, 0.3) is 0 Å². The second-order valence-corrected chi connectivity index (χ2v) is 11.6. The second kappa shape index (κ2) is 12.7. The largest absolute Gasteiger partial charge is 0.459 e. The smallest absolute Gasteiger partial charge is 0.410 e. The molecule has 1 fully saturated rings. The first-order valence-electron chi connectivity index (χ1n) is 13.9. The number of carbonyl (C=O) groups excluding carboxylic acids is 2. The maximum atomic E-state index is 12.8. The summed E-state index contributed by atoms with van der Waals surface area (Å²) in [7, 11) is 3.98. The first-order chi connectivity index (χ1) is 19.0. The van der Waals surface area contributed by atoms with Gasteiger partial charge in [-0.2, -0.15) is 9.97 Å². The number of fused-ring (bicyclic) bond motifs is 1. The Hall–Kier alpha value is -3.60. The number of ether oxygens (including phenoxy) is 3. The Bertz CT molecular complexity index is 1160. The van der Waals surface area contributed by atoms with Crippen molar-refractivity contribution >= 4 is 18.0 Å². The maximum absolute atomic E-state index is 12.8. The van der Waals surface area contributed by atoms with Gasteiger partial charge >= 0.3 is 18.2 Å². The predicted octanol–water partition coefficient (Wildman–Crippen LogP) is 3.56. The van der Waals surface area contributed by atoms with Crippen molar-refractivity contribution < 1.29 is 23.8 Å². The van der Waals surface area contributed by atoms with Gasteiger partial charge in [-0.1, -0.05) is 30.3 Å². The summed E-state index contributed by atoms with van der Waals surface area (Å²) in [5, 5.41) is 0. The van der Waals surface area contributed by atoms with E-state index in [4.69, 9.17) is 24.2 Å². The van der Waals surface area contributed by atoms with Crippen LogP contribution in [0.3, 0.4) is 0 Å². The molecule has 11 nitrogen and oxygen atoms in total. The van der Waals surface area contributed by atoms with Crippen LogP contribution < -0.4 is 9.64 Å². The first-order valence-corrected chi connectivity index (χ1v) is 13.9. The van der Waals surface area contributed by atoms with Crippen LogP contribution in [0.1, 0.15) is 44.5 Å². The molecule has 0 radical (unpaired) electrons. The zero-order chi connectivity index (χ0) is 28.9. The van der Waals surface area contributed by atoms with Crippen molar-refractivity contribution in [3.63, 3.8) is 0 Å². The zero-order valence-electron chi connectivity index (χ0n) is 24.6. The van der Waals surface area contributed by atoms with Crippen LogP contribution in [0, 0.1) is 0 Å². The summed E-state index contributed by atoms with van der Waals surface area (Å²) in [6.45, 7) is 11.6. The molecular weight excluding hydrogens is 512 g/mol. The number of aromatic nitrogens is 2. The van der Waals surface area contributed by atoms with E-state index < -0.39 is 5.60 Å². The average Bonchev–Trinajstić information content (AvgIpc) is 2.90. The van der Waals surface area contributed by atoms with E-state index in [1.54, 1.807) is 9.80 Å². The van der Waals surface area contributed by atoms with Gasteiger partial charge in [0.15, 0.2) is 0 Å². The first kappa shape index (κ1) is 29.4. The molecule has 11 heteroatoms. The number of carbonyl (C=O) groups is 2. The molecule has 1 saturated heterocycles. The summed E-state index contributed by atoms with van der Waals surface area (Å²) in [4.78, 5) is 42.7. The monoisotopic (exact) mass is 554 g/mol. The fraction of sp³-hybridized carbons (Fsp3) is 0.586. The van der Waals surface area contributed by atoms with Crippen LogP contribution >= 0.6 is 0 Å². The Balaban J connectivity index is 1.47. The third-order valence-corrected chi connectivity index (χ3v) is 6.65. The molecule has 0 unspecified atom stereocenters. The Morgan fingerprint density at radius 1 is 0.975 bits per heavy atom. The van der Waals surface area contributed by atoms with Crippen LogP contribution in [0.15, 0.2) is 30.3 Å². The van der Waals surface area contributed by atoms with E-state index in [9.17, 15) is 9.59 Å². The summed E-state index contributed by atoms with van der Waals surface area (Å²) in [6.07, 6.45) is -0.189. The van der Waals surface area contributed by atoms with E-state index in [2.05, 4.69) is 4.90 Å². The highest BCUT2D eigenvalue weighted by Gasteiger charge is 2.32. The molecule has 1 atom stereocenters. The van der Waals surface area contributed by atoms with E-state index >= 15 is 0 Å². The number of likely N-dealkylation sites (N-methyl/N-ethyl adjacent to an activating group) is 1. The molecule has 0 aliphatic carbocycles. The molecule has 0 bridgehead atoms. The highest BCUT2D eigenvalue weighted by atomic mass is 16.6. The molecule has 40 heavy (non-hydrogen) atoms. The van der Waals surface area contributed by atoms with Gasteiger partial charge in [0.2, 0.25) is 0 Å². The van der Waals surface area contributed by atoms with Crippen LogP contribution in [-0.4, -0.2) is 102 Å². The number of piperazine rings is 1. The average molecular weight is 555 g/mol. The number of rotatable bonds is 7. The molecular formula is C29H42N6O5. The van der Waals surface area contributed by atoms with Gasteiger partial charge in [0.25, 0.3) is 0 Å². The Kier molecular flexibility index (Phi) is 9.34. The minimum absolute atomic E-state index is 0.123. The Morgan fingerprint density at radius 3 is 2.33 bits per heavy atom. The van der Waals surface area contributed by atoms with Gasteiger partial charge in [-0.05, 0) is 53.8 Å². The van der Waals surface area contributed by atoms with E-state index in [1.807, 2.05) is 77.0 Å². The number of hydrogen-bond donors (Lipinski definition) is 0. The summed E-state index contributed by atoms with van der Waals surface area (Å²) in [5.74, 6) is 0.804. The SMILES string of the molecule is C[C@@H](CN(C)C)Oc1nc2c(c(N3CCN(C(=O)OCc4ccccc4)CC3)n1)CCN(C(=O)OC(C)(C)C)C2. The van der Waals surface area contributed by atoms with Gasteiger partial charge in [-0.15, -0.1) is 0 Å². The standard InChI is InChI=1S/C29H42N6O5/c1-21(18-32(5)6)39-26-30-24-19-35(28(37)40-29(2,3)4)13-12-23(24)25(31-26)33-14-16-34(17-15-33)27(36)38-20-22-10-8-7-9-11-22/h7-11,21H,12-20H2,1-6H3/t21-/m0/s1. The molecule has 0 N–H and O–H groups in total. The van der Waals surface area contributed by atoms with Gasteiger partial charge < -0.3 is 33.8 Å². The fourth-order valence-electron chi connectivity index (χ4n) is 4.83. The minimum atomic E-state index is -0.577. The highest BCUT2D eigenvalue weighted by Crippen LogP contribution is 2.30. The van der Waals surface area contributed by atoms with Crippen molar-refractivity contribution in [2.24, 2.45) is 0 Å². The van der Waals surface area contributed by atoms with Gasteiger partial charge in [0.1, 0.15) is 24.1 Å². The second-order valence-electron chi connectivity index (χ2n) is 11.6. The summed E-state index contributed by atoms with van der Waals surface area (Å²) in [5.41, 5.74) is 2.15. The normalized spacial score (nSPS) is 16.4. The van der Waals surface area contributed by atoms with Crippen LogP contribution in [0.2, 0.25) is 0 Å². The van der Waals surface area contributed by atoms with Crippen molar-refractivity contribution in [3.05, 3.63) is 47.2 Å². The molecule has 1 aromatic heterocycles. The summed E-state index contributed by atoms with van der Waals surface area (Å²) < 4.78 is 17.3. The van der Waals surface area contributed by atoms with Crippen molar-refractivity contribution in [3.8, 4) is 6.01 Å². The number of nitrogens with zero attached hydrogens (tertiary/aromatic N) is 6. The lowest BCUT2D eigenvalue weighted by molar-refractivity contribution is 0.0219. The molecule has 2 aliphatic rings.